The van der Waals surface area contributed by atoms with Gasteiger partial charge in [-0.2, -0.15) is 0 Å². The summed E-state index contributed by atoms with van der Waals surface area (Å²) in [6.07, 6.45) is 1.74. The molecular formula is C16H18FN5O3. The summed E-state index contributed by atoms with van der Waals surface area (Å²) < 4.78 is 18.1. The van der Waals surface area contributed by atoms with Crippen LogP contribution in [0.2, 0.25) is 0 Å². The van der Waals surface area contributed by atoms with Gasteiger partial charge in [-0.3, -0.25) is 15.7 Å². The molecule has 132 valence electrons. The number of carbonyl (C=O) groups excluding carboxylic acids is 1. The van der Waals surface area contributed by atoms with E-state index >= 15 is 0 Å². The molecule has 0 bridgehead atoms. The molecule has 0 aliphatic heterocycles. The minimum absolute atomic E-state index is 0.0789. The first kappa shape index (κ1) is 17.0. The van der Waals surface area contributed by atoms with Crippen molar-refractivity contribution in [1.82, 2.24) is 15.8 Å². The smallest absolute Gasteiger partial charge is 0.202 e. The maximum atomic E-state index is 13.4. The minimum atomic E-state index is -0.326. The van der Waals surface area contributed by atoms with E-state index in [-0.39, 0.29) is 29.2 Å². The Hall–Kier alpha value is -2.81. The molecule has 9 heteroatoms. The normalized spacial score (nSPS) is 16.1. The third-order valence-corrected chi connectivity index (χ3v) is 3.98. The molecule has 0 unspecified atom stereocenters. The van der Waals surface area contributed by atoms with Crippen molar-refractivity contribution >= 4 is 17.4 Å². The molecule has 0 radical (unpaired) electrons. The van der Waals surface area contributed by atoms with Crippen molar-refractivity contribution in [3.8, 4) is 0 Å². The number of anilines is 1. The van der Waals surface area contributed by atoms with Gasteiger partial charge in [0.25, 0.3) is 0 Å². The van der Waals surface area contributed by atoms with Gasteiger partial charge in [-0.15, -0.1) is 0 Å². The van der Waals surface area contributed by atoms with Gasteiger partial charge in [0, 0.05) is 13.0 Å². The molecule has 1 aromatic heterocycles. The lowest BCUT2D eigenvalue weighted by atomic mass is 9.83. The second kappa shape index (κ2) is 7.39. The highest BCUT2D eigenvalue weighted by molar-refractivity contribution is 6.00. The van der Waals surface area contributed by atoms with Crippen LogP contribution in [0.3, 0.4) is 0 Å². The number of halogens is 1. The van der Waals surface area contributed by atoms with Crippen molar-refractivity contribution in [3.63, 3.8) is 0 Å². The third kappa shape index (κ3) is 3.82. The number of nitrogens with zero attached hydrogens (tertiary/aromatic N) is 3. The number of rotatable bonds is 7. The number of hydrogen-bond acceptors (Lipinski definition) is 7. The molecule has 1 aliphatic rings. The summed E-state index contributed by atoms with van der Waals surface area (Å²) in [6, 6.07) is 4.30. The average molecular weight is 347 g/mol. The van der Waals surface area contributed by atoms with E-state index in [2.05, 4.69) is 20.6 Å². The molecule has 3 N–H and O–H groups in total. The van der Waals surface area contributed by atoms with Crippen LogP contribution in [-0.2, 0) is 11.2 Å². The summed E-state index contributed by atoms with van der Waals surface area (Å²) in [5.74, 6) is 0.168. The van der Waals surface area contributed by atoms with Crippen LogP contribution < -0.4 is 10.8 Å². The van der Waals surface area contributed by atoms with Crippen molar-refractivity contribution in [2.45, 2.75) is 32.2 Å². The largest absolute Gasteiger partial charge is 0.365 e. The van der Waals surface area contributed by atoms with E-state index < -0.39 is 0 Å². The summed E-state index contributed by atoms with van der Waals surface area (Å²) in [6.45, 7) is 2.03. The van der Waals surface area contributed by atoms with Gasteiger partial charge in [-0.05, 0) is 53.3 Å². The third-order valence-electron chi connectivity index (χ3n) is 3.98. The van der Waals surface area contributed by atoms with Crippen LogP contribution in [-0.4, -0.2) is 33.7 Å². The minimum Gasteiger partial charge on any atom is -0.365 e. The zero-order chi connectivity index (χ0) is 17.8. The van der Waals surface area contributed by atoms with Crippen LogP contribution >= 0.6 is 0 Å². The van der Waals surface area contributed by atoms with Crippen molar-refractivity contribution < 1.29 is 19.0 Å². The molecule has 1 heterocycles. The fourth-order valence-electron chi connectivity index (χ4n) is 2.67. The lowest BCUT2D eigenvalue weighted by molar-refractivity contribution is -0.117. The molecule has 0 saturated carbocycles. The lowest BCUT2D eigenvalue weighted by Gasteiger charge is -2.27. The van der Waals surface area contributed by atoms with Gasteiger partial charge in [0.15, 0.2) is 11.5 Å². The number of amidine groups is 1. The van der Waals surface area contributed by atoms with Gasteiger partial charge in [0.1, 0.15) is 11.6 Å². The number of Topliss-reactive ketones (excluding diaryl/α,β-unsaturated/α-hetero) is 1. The summed E-state index contributed by atoms with van der Waals surface area (Å²) in [5.41, 5.74) is 4.01. The zero-order valence-corrected chi connectivity index (χ0v) is 13.6. The Bertz CT molecular complexity index is 805. The number of aliphatic imine (C=N–C) groups is 1. The number of carbonyl (C=O) groups is 1. The molecule has 1 aromatic carbocycles. The second-order valence-electron chi connectivity index (χ2n) is 5.85. The standard InChI is InChI=1S/C16H18FN5O3/c1-9(23)3-2-6-18-15-14(21-25-22-15)16(20-24)19-13-7-10-4-5-11(17)8-12(10)13/h4-5,8,13,24H,2-3,6-7H2,1H3,(H,18,22)(H,19,20)/t13-/m0/s1. The van der Waals surface area contributed by atoms with Crippen molar-refractivity contribution in [1.29, 1.82) is 0 Å². The molecule has 1 aliphatic carbocycles. The Balaban J connectivity index is 1.72. The highest BCUT2D eigenvalue weighted by atomic mass is 19.1. The van der Waals surface area contributed by atoms with Gasteiger partial charge < -0.3 is 10.1 Å². The quantitative estimate of drug-likeness (QED) is 0.304. The van der Waals surface area contributed by atoms with E-state index in [0.29, 0.717) is 31.6 Å². The number of ketones is 1. The van der Waals surface area contributed by atoms with E-state index in [1.54, 1.807) is 6.07 Å². The van der Waals surface area contributed by atoms with E-state index in [4.69, 9.17) is 4.63 Å². The van der Waals surface area contributed by atoms with Gasteiger partial charge in [-0.25, -0.2) is 9.02 Å². The Morgan fingerprint density at radius 2 is 2.32 bits per heavy atom. The number of benzene rings is 1. The maximum absolute atomic E-state index is 13.4. The first-order valence-electron chi connectivity index (χ1n) is 7.91. The van der Waals surface area contributed by atoms with E-state index in [0.717, 1.165) is 11.1 Å². The molecule has 0 amide bonds. The lowest BCUT2D eigenvalue weighted by Crippen LogP contribution is -2.26. The second-order valence-corrected chi connectivity index (χ2v) is 5.85. The topological polar surface area (TPSA) is 113 Å². The van der Waals surface area contributed by atoms with Crippen LogP contribution in [0.15, 0.2) is 27.8 Å². The molecule has 1 atom stereocenters. The first-order chi connectivity index (χ1) is 12.1. The van der Waals surface area contributed by atoms with Crippen molar-refractivity contribution in [3.05, 3.63) is 40.8 Å². The molecule has 8 nitrogen and oxygen atoms in total. The van der Waals surface area contributed by atoms with Gasteiger partial charge in [0.05, 0.1) is 6.04 Å². The van der Waals surface area contributed by atoms with E-state index in [9.17, 15) is 14.4 Å². The summed E-state index contributed by atoms with van der Waals surface area (Å²) >= 11 is 0. The van der Waals surface area contributed by atoms with Gasteiger partial charge >= 0.3 is 0 Å². The fourth-order valence-corrected chi connectivity index (χ4v) is 2.67. The highest BCUT2D eigenvalue weighted by Crippen LogP contribution is 2.36. The van der Waals surface area contributed by atoms with Crippen LogP contribution in [0.4, 0.5) is 10.2 Å². The Kier molecular flexibility index (Phi) is 5.03. The number of fused-ring (bicyclic) bond motifs is 1. The Morgan fingerprint density at radius 1 is 1.48 bits per heavy atom. The maximum Gasteiger partial charge on any atom is 0.202 e. The number of hydroxylamine groups is 1. The first-order valence-corrected chi connectivity index (χ1v) is 7.91. The number of hydrogen-bond donors (Lipinski definition) is 3. The summed E-state index contributed by atoms with van der Waals surface area (Å²) in [7, 11) is 0. The summed E-state index contributed by atoms with van der Waals surface area (Å²) in [4.78, 5) is 15.3. The molecule has 3 rings (SSSR count). The monoisotopic (exact) mass is 347 g/mol. The fraction of sp³-hybridized carbons (Fsp3) is 0.375. The Labute approximate surface area is 143 Å². The van der Waals surface area contributed by atoms with E-state index in [1.807, 2.05) is 5.48 Å². The van der Waals surface area contributed by atoms with Crippen LogP contribution in [0.1, 0.15) is 42.6 Å². The molecule has 0 fully saturated rings. The summed E-state index contributed by atoms with van der Waals surface area (Å²) in [5, 5.41) is 19.9. The SMILES string of the molecule is CC(=O)CCCNc1nonc1C(=N[C@H]1Cc2ccc(F)cc21)NO. The molecule has 2 aromatic rings. The molecule has 0 spiro atoms. The van der Waals surface area contributed by atoms with Crippen molar-refractivity contribution in [2.75, 3.05) is 11.9 Å². The zero-order valence-electron chi connectivity index (χ0n) is 13.6. The Morgan fingerprint density at radius 3 is 3.08 bits per heavy atom. The number of nitrogens with one attached hydrogen (secondary N) is 2. The van der Waals surface area contributed by atoms with E-state index in [1.165, 1.54) is 19.1 Å². The molecule has 25 heavy (non-hydrogen) atoms. The average Bonchev–Trinajstić information content (AvgIpc) is 3.03. The van der Waals surface area contributed by atoms with Gasteiger partial charge in [0.2, 0.25) is 5.82 Å². The predicted octanol–water partition coefficient (Wildman–Crippen LogP) is 2.01. The number of aromatic nitrogens is 2. The molecular weight excluding hydrogens is 329 g/mol. The predicted molar refractivity (Wildman–Crippen MR) is 87.0 cm³/mol. The van der Waals surface area contributed by atoms with Crippen molar-refractivity contribution in [2.24, 2.45) is 4.99 Å². The van der Waals surface area contributed by atoms with Gasteiger partial charge in [-0.1, -0.05) is 6.07 Å². The van der Waals surface area contributed by atoms with Crippen LogP contribution in [0.5, 0.6) is 0 Å². The highest BCUT2D eigenvalue weighted by Gasteiger charge is 2.28. The van der Waals surface area contributed by atoms with Crippen LogP contribution in [0.25, 0.3) is 0 Å². The molecule has 0 saturated heterocycles. The van der Waals surface area contributed by atoms with Crippen LogP contribution in [0, 0.1) is 5.82 Å².